The van der Waals surface area contributed by atoms with Crippen molar-refractivity contribution in [2.24, 2.45) is 0 Å². The number of hydrogen-bond acceptors (Lipinski definition) is 1. The molecule has 0 amide bonds. The maximum atomic E-state index is 2.56. The monoisotopic (exact) mass is 187 g/mol. The summed E-state index contributed by atoms with van der Waals surface area (Å²) in [6, 6.07) is 0. The Bertz CT molecular complexity index is 130. The largest absolute Gasteiger partial charge is 0.299 e. The van der Waals surface area contributed by atoms with Crippen LogP contribution in [0.25, 0.3) is 0 Å². The van der Waals surface area contributed by atoms with Crippen molar-refractivity contribution in [2.75, 3.05) is 13.1 Å². The Hall–Kier alpha value is 0.177. The summed E-state index contributed by atoms with van der Waals surface area (Å²) in [6.07, 6.45) is 0. The van der Waals surface area contributed by atoms with E-state index in [1.807, 2.05) is 0 Å². The van der Waals surface area contributed by atoms with E-state index in [1.165, 1.54) is 16.8 Å². The number of hydrogen-bond donors (Lipinski definition) is 0. The first-order valence-corrected chi connectivity index (χ1v) is 5.92. The van der Waals surface area contributed by atoms with Crippen molar-refractivity contribution in [3.8, 4) is 0 Å². The molecule has 0 N–H and O–H groups in total. The van der Waals surface area contributed by atoms with Crippen LogP contribution in [-0.2, 0) is 0 Å². The van der Waals surface area contributed by atoms with E-state index < -0.39 is 0 Å². The minimum Gasteiger partial charge on any atom is -0.299 e. The van der Waals surface area contributed by atoms with Crippen LogP contribution in [0.15, 0.2) is 0 Å². The predicted octanol–water partition coefficient (Wildman–Crippen LogP) is 1.67. The van der Waals surface area contributed by atoms with Gasteiger partial charge in [-0.1, -0.05) is 20.8 Å². The summed E-state index contributed by atoms with van der Waals surface area (Å²) in [5.41, 5.74) is 0.330. The number of rotatable bonds is 3. The van der Waals surface area contributed by atoms with Gasteiger partial charge in [-0.3, -0.25) is 4.90 Å². The zero-order valence-electron chi connectivity index (χ0n) is 9.86. The second-order valence-electron chi connectivity index (χ2n) is 5.75. The Labute approximate surface area is 81.0 Å². The molecule has 0 heterocycles. The third kappa shape index (κ3) is 4.94. The number of nitrogens with zero attached hydrogens (tertiary/aromatic N) is 1. The molecule has 0 unspecified atom stereocenters. The Kier molecular flexibility index (Phi) is 3.98. The fourth-order valence-corrected chi connectivity index (χ4v) is 1.78. The normalized spacial score (nSPS) is 14.2. The van der Waals surface area contributed by atoms with E-state index >= 15 is 0 Å². The molecule has 2 heteroatoms. The highest BCUT2D eigenvalue weighted by Crippen LogP contribution is 2.24. The molecule has 1 nitrogen and oxygen atoms in total. The molecule has 0 aromatic heterocycles. The summed E-state index contributed by atoms with van der Waals surface area (Å²) in [7, 11) is 1.27. The molecule has 12 heavy (non-hydrogen) atoms. The van der Waals surface area contributed by atoms with Gasteiger partial charge in [0, 0.05) is 22.3 Å². The summed E-state index contributed by atoms with van der Waals surface area (Å²) >= 11 is 0. The van der Waals surface area contributed by atoms with Gasteiger partial charge in [-0.15, -0.1) is 0 Å². The topological polar surface area (TPSA) is 3.24 Å². The average Bonchev–Trinajstić information content (AvgIpc) is 1.78. The first-order valence-electron chi connectivity index (χ1n) is 4.92. The molecule has 0 spiro atoms. The van der Waals surface area contributed by atoms with Crippen LogP contribution in [0.3, 0.4) is 0 Å². The summed E-state index contributed by atoms with van der Waals surface area (Å²) in [4.78, 5) is 2.56. The third-order valence-corrected chi connectivity index (χ3v) is 2.31. The van der Waals surface area contributed by atoms with Crippen molar-refractivity contribution in [1.29, 1.82) is 0 Å². The SMILES string of the molecule is CCN(CC(C)(C)[SiH3])C(C)(C)C. The molecule has 0 bridgehead atoms. The van der Waals surface area contributed by atoms with Gasteiger partial charge in [0.1, 0.15) is 0 Å². The summed E-state index contributed by atoms with van der Waals surface area (Å²) < 4.78 is 0. The quantitative estimate of drug-likeness (QED) is 0.608. The minimum atomic E-state index is 0.330. The lowest BCUT2D eigenvalue weighted by atomic mass is 10.0. The van der Waals surface area contributed by atoms with Gasteiger partial charge in [0.2, 0.25) is 0 Å². The molecule has 0 aromatic rings. The van der Waals surface area contributed by atoms with Crippen LogP contribution in [0.5, 0.6) is 0 Å². The molecule has 0 radical (unpaired) electrons. The van der Waals surface area contributed by atoms with Gasteiger partial charge in [-0.25, -0.2) is 0 Å². The summed E-state index contributed by atoms with van der Waals surface area (Å²) in [5.74, 6) is 0. The van der Waals surface area contributed by atoms with Gasteiger partial charge in [-0.2, -0.15) is 0 Å². The lowest BCUT2D eigenvalue weighted by Gasteiger charge is -2.39. The van der Waals surface area contributed by atoms with Gasteiger partial charge in [0.25, 0.3) is 0 Å². The lowest BCUT2D eigenvalue weighted by Crippen LogP contribution is -2.44. The van der Waals surface area contributed by atoms with Gasteiger partial charge in [-0.05, 0) is 32.4 Å². The van der Waals surface area contributed by atoms with E-state index in [9.17, 15) is 0 Å². The molecule has 0 rings (SSSR count). The van der Waals surface area contributed by atoms with Crippen molar-refractivity contribution < 1.29 is 0 Å². The van der Waals surface area contributed by atoms with Crippen LogP contribution in [-0.4, -0.2) is 33.8 Å². The van der Waals surface area contributed by atoms with Crippen LogP contribution >= 0.6 is 0 Å². The lowest BCUT2D eigenvalue weighted by molar-refractivity contribution is 0.131. The van der Waals surface area contributed by atoms with E-state index in [0.717, 1.165) is 6.54 Å². The molecule has 0 aliphatic rings. The Balaban J connectivity index is 4.20. The molecule has 0 saturated carbocycles. The van der Waals surface area contributed by atoms with E-state index in [-0.39, 0.29) is 0 Å². The van der Waals surface area contributed by atoms with Crippen molar-refractivity contribution >= 4 is 10.2 Å². The molecular weight excluding hydrogens is 162 g/mol. The van der Waals surface area contributed by atoms with Crippen molar-refractivity contribution in [3.05, 3.63) is 0 Å². The average molecular weight is 187 g/mol. The van der Waals surface area contributed by atoms with Crippen molar-refractivity contribution in [2.45, 2.75) is 52.1 Å². The molecule has 74 valence electrons. The zero-order chi connectivity index (χ0) is 9.99. The molecule has 0 aliphatic carbocycles. The van der Waals surface area contributed by atoms with Crippen LogP contribution in [0.2, 0.25) is 5.04 Å². The molecule has 0 fully saturated rings. The third-order valence-electron chi connectivity index (χ3n) is 2.00. The molecule has 0 aliphatic heterocycles. The first-order chi connectivity index (χ1) is 5.17. The summed E-state index contributed by atoms with van der Waals surface area (Å²) in [6.45, 7) is 16.2. The van der Waals surface area contributed by atoms with Gasteiger partial charge < -0.3 is 0 Å². The zero-order valence-corrected chi connectivity index (χ0v) is 11.9. The Morgan fingerprint density at radius 3 is 1.58 bits per heavy atom. The van der Waals surface area contributed by atoms with E-state index in [0.29, 0.717) is 10.6 Å². The molecular formula is C10H25NSi. The van der Waals surface area contributed by atoms with Gasteiger partial charge in [0.05, 0.1) is 0 Å². The Morgan fingerprint density at radius 1 is 1.08 bits per heavy atom. The minimum absolute atomic E-state index is 0.330. The van der Waals surface area contributed by atoms with E-state index in [1.54, 1.807) is 0 Å². The Morgan fingerprint density at radius 2 is 1.50 bits per heavy atom. The second kappa shape index (κ2) is 3.92. The first kappa shape index (κ1) is 12.2. The molecule has 0 atom stereocenters. The highest BCUT2D eigenvalue weighted by atomic mass is 28.1. The van der Waals surface area contributed by atoms with Crippen molar-refractivity contribution in [3.63, 3.8) is 0 Å². The highest BCUT2D eigenvalue weighted by molar-refractivity contribution is 6.14. The van der Waals surface area contributed by atoms with Crippen LogP contribution in [0, 0.1) is 0 Å². The van der Waals surface area contributed by atoms with Crippen molar-refractivity contribution in [1.82, 2.24) is 4.90 Å². The standard InChI is InChI=1S/C10H25NSi/c1-7-11(9(2,3)4)8-10(5,6)12/h7-8H2,1-6,12H3. The second-order valence-corrected chi connectivity index (χ2v) is 8.45. The fraction of sp³-hybridized carbons (Fsp3) is 1.00. The summed E-state index contributed by atoms with van der Waals surface area (Å²) in [5, 5.41) is 0.545. The van der Waals surface area contributed by atoms with Crippen LogP contribution in [0.4, 0.5) is 0 Å². The smallest absolute Gasteiger partial charge is 0.0125 e. The van der Waals surface area contributed by atoms with Gasteiger partial charge >= 0.3 is 0 Å². The fourth-order valence-electron chi connectivity index (χ4n) is 1.40. The maximum absolute atomic E-state index is 2.56. The molecule has 0 aromatic carbocycles. The molecule has 0 saturated heterocycles. The van der Waals surface area contributed by atoms with E-state index in [4.69, 9.17) is 0 Å². The van der Waals surface area contributed by atoms with Crippen LogP contribution in [0.1, 0.15) is 41.5 Å². The van der Waals surface area contributed by atoms with Gasteiger partial charge in [0.15, 0.2) is 0 Å². The highest BCUT2D eigenvalue weighted by Gasteiger charge is 2.24. The van der Waals surface area contributed by atoms with E-state index in [2.05, 4.69) is 46.4 Å². The maximum Gasteiger partial charge on any atom is 0.0125 e. The van der Waals surface area contributed by atoms with Crippen LogP contribution < -0.4 is 0 Å². The predicted molar refractivity (Wildman–Crippen MR) is 61.0 cm³/mol.